The predicted molar refractivity (Wildman–Crippen MR) is 93.4 cm³/mol. The first-order chi connectivity index (χ1) is 11.6. The molecule has 0 aromatic heterocycles. The van der Waals surface area contributed by atoms with Gasteiger partial charge in [-0.25, -0.2) is 12.7 Å². The molecule has 3 rings (SSSR count). The van der Waals surface area contributed by atoms with Crippen LogP contribution in [0.15, 0.2) is 29.2 Å². The second-order valence-corrected chi connectivity index (χ2v) is 9.82. The molecule has 2 aliphatic rings. The molecule has 0 unspecified atom stereocenters. The van der Waals surface area contributed by atoms with Crippen LogP contribution < -0.4 is 5.32 Å². The van der Waals surface area contributed by atoms with Crippen molar-refractivity contribution >= 4 is 21.8 Å². The van der Waals surface area contributed by atoms with Gasteiger partial charge in [-0.3, -0.25) is 9.59 Å². The van der Waals surface area contributed by atoms with E-state index in [-0.39, 0.29) is 21.9 Å². The molecule has 1 aliphatic heterocycles. The van der Waals surface area contributed by atoms with Gasteiger partial charge in [0.05, 0.1) is 5.56 Å². The van der Waals surface area contributed by atoms with Gasteiger partial charge in [-0.2, -0.15) is 0 Å². The van der Waals surface area contributed by atoms with Crippen LogP contribution in [0.3, 0.4) is 0 Å². The summed E-state index contributed by atoms with van der Waals surface area (Å²) < 4.78 is 25.7. The number of amides is 2. The van der Waals surface area contributed by atoms with E-state index in [1.165, 1.54) is 12.1 Å². The number of hydrogen-bond donors (Lipinski definition) is 1. The summed E-state index contributed by atoms with van der Waals surface area (Å²) in [5.41, 5.74) is 0.268. The maximum Gasteiger partial charge on any atom is 0.269 e. The minimum Gasteiger partial charge on any atom is -0.352 e. The Bertz CT molecular complexity index is 816. The van der Waals surface area contributed by atoms with Crippen molar-refractivity contribution in [3.63, 3.8) is 0 Å². The Kier molecular flexibility index (Phi) is 4.39. The van der Waals surface area contributed by atoms with Gasteiger partial charge in [-0.15, -0.1) is 0 Å². The van der Waals surface area contributed by atoms with Crippen LogP contribution in [0, 0.1) is 11.3 Å². The summed E-state index contributed by atoms with van der Waals surface area (Å²) in [5, 5.41) is 2.92. The summed E-state index contributed by atoms with van der Waals surface area (Å²) in [4.78, 5) is 24.7. The Morgan fingerprint density at radius 2 is 1.96 bits per heavy atom. The Hall–Kier alpha value is -1.89. The van der Waals surface area contributed by atoms with E-state index in [2.05, 4.69) is 26.1 Å². The lowest BCUT2D eigenvalue weighted by atomic mass is 9.70. The second-order valence-electron chi connectivity index (χ2n) is 7.99. The molecule has 1 aromatic carbocycles. The number of benzene rings is 1. The molecule has 0 bridgehead atoms. The molecule has 0 spiro atoms. The molecule has 136 valence electrons. The number of carbonyl (C=O) groups excluding carboxylic acids is 2. The van der Waals surface area contributed by atoms with Crippen LogP contribution in [0.5, 0.6) is 0 Å². The highest BCUT2D eigenvalue weighted by Crippen LogP contribution is 2.38. The fourth-order valence-corrected chi connectivity index (χ4v) is 5.77. The number of rotatable bonds is 3. The molecule has 2 atom stereocenters. The molecule has 1 aliphatic carbocycles. The fraction of sp³-hybridized carbons (Fsp3) is 0.556. The second kappa shape index (κ2) is 6.12. The van der Waals surface area contributed by atoms with Crippen molar-refractivity contribution in [2.45, 2.75) is 51.0 Å². The third kappa shape index (κ3) is 3.42. The van der Waals surface area contributed by atoms with E-state index in [1.54, 1.807) is 12.1 Å². The maximum atomic E-state index is 12.5. The number of nitrogens with zero attached hydrogens (tertiary/aromatic N) is 1. The lowest BCUT2D eigenvalue weighted by Gasteiger charge is -2.39. The Morgan fingerprint density at radius 1 is 1.28 bits per heavy atom. The van der Waals surface area contributed by atoms with Crippen LogP contribution in [0.1, 0.15) is 50.4 Å². The first-order valence-electron chi connectivity index (χ1n) is 8.56. The summed E-state index contributed by atoms with van der Waals surface area (Å²) in [6.45, 7) is 6.03. The molecule has 2 amide bonds. The third-order valence-electron chi connectivity index (χ3n) is 4.95. The van der Waals surface area contributed by atoms with Crippen molar-refractivity contribution in [1.29, 1.82) is 0 Å². The molecule has 7 heteroatoms. The molecule has 1 heterocycles. The molecular weight excluding hydrogens is 340 g/mol. The van der Waals surface area contributed by atoms with Gasteiger partial charge in [0, 0.05) is 6.04 Å². The van der Waals surface area contributed by atoms with Crippen LogP contribution in [0.4, 0.5) is 0 Å². The van der Waals surface area contributed by atoms with Crippen LogP contribution in [-0.2, 0) is 14.8 Å². The first kappa shape index (κ1) is 17.9. The standard InChI is InChI=1S/C18H24N2O4S/c1-12-8-13(10-18(2,3)9-12)19-16(21)11-20-17(22)14-6-4-5-7-15(14)25(20,23)24/h4-7,12-13H,8-11H2,1-3H3,(H,19,21)/t12-,13-/m0/s1. The minimum atomic E-state index is -3.94. The van der Waals surface area contributed by atoms with Crippen molar-refractivity contribution in [2.75, 3.05) is 6.54 Å². The topological polar surface area (TPSA) is 83.6 Å². The van der Waals surface area contributed by atoms with Gasteiger partial charge < -0.3 is 5.32 Å². The van der Waals surface area contributed by atoms with Gasteiger partial charge in [0.2, 0.25) is 5.91 Å². The van der Waals surface area contributed by atoms with Crippen molar-refractivity contribution in [1.82, 2.24) is 9.62 Å². The van der Waals surface area contributed by atoms with E-state index in [4.69, 9.17) is 0 Å². The first-order valence-corrected chi connectivity index (χ1v) is 10.00. The lowest BCUT2D eigenvalue weighted by Crippen LogP contribution is -2.47. The average molecular weight is 364 g/mol. The number of nitrogens with one attached hydrogen (secondary N) is 1. The smallest absolute Gasteiger partial charge is 0.269 e. The SMILES string of the molecule is C[C@H]1C[C@H](NC(=O)CN2C(=O)c3ccccc3S2(=O)=O)CC(C)(C)C1. The fourth-order valence-electron chi connectivity index (χ4n) is 4.25. The highest BCUT2D eigenvalue weighted by atomic mass is 32.2. The molecule has 1 aromatic rings. The molecule has 0 saturated heterocycles. The quantitative estimate of drug-likeness (QED) is 0.891. The van der Waals surface area contributed by atoms with E-state index < -0.39 is 28.4 Å². The largest absolute Gasteiger partial charge is 0.352 e. The zero-order valence-corrected chi connectivity index (χ0v) is 15.6. The normalized spacial score (nSPS) is 27.0. The van der Waals surface area contributed by atoms with Crippen LogP contribution in [-0.4, -0.2) is 37.1 Å². The van der Waals surface area contributed by atoms with Crippen LogP contribution in [0.25, 0.3) is 0 Å². The van der Waals surface area contributed by atoms with Crippen molar-refractivity contribution in [2.24, 2.45) is 11.3 Å². The van der Waals surface area contributed by atoms with E-state index in [0.717, 1.165) is 19.3 Å². The summed E-state index contributed by atoms with van der Waals surface area (Å²) in [7, 11) is -3.94. The van der Waals surface area contributed by atoms with E-state index in [0.29, 0.717) is 10.2 Å². The molecule has 25 heavy (non-hydrogen) atoms. The maximum absolute atomic E-state index is 12.5. The minimum absolute atomic E-state index is 0.00837. The zero-order valence-electron chi connectivity index (χ0n) is 14.8. The van der Waals surface area contributed by atoms with Crippen LogP contribution in [0.2, 0.25) is 0 Å². The van der Waals surface area contributed by atoms with Crippen LogP contribution >= 0.6 is 0 Å². The highest BCUT2D eigenvalue weighted by Gasteiger charge is 2.42. The van der Waals surface area contributed by atoms with Crippen molar-refractivity contribution < 1.29 is 18.0 Å². The monoisotopic (exact) mass is 364 g/mol. The lowest BCUT2D eigenvalue weighted by molar-refractivity contribution is -0.122. The molecule has 6 nitrogen and oxygen atoms in total. The van der Waals surface area contributed by atoms with Gasteiger partial charge >= 0.3 is 0 Å². The van der Waals surface area contributed by atoms with Crippen molar-refractivity contribution in [3.8, 4) is 0 Å². The Balaban J connectivity index is 1.71. The molecule has 1 N–H and O–H groups in total. The van der Waals surface area contributed by atoms with Gasteiger partial charge in [0.1, 0.15) is 11.4 Å². The Labute approximate surface area is 148 Å². The number of hydrogen-bond acceptors (Lipinski definition) is 4. The van der Waals surface area contributed by atoms with Gasteiger partial charge in [-0.05, 0) is 42.7 Å². The predicted octanol–water partition coefficient (Wildman–Crippen LogP) is 2.16. The molecule has 1 fully saturated rings. The van der Waals surface area contributed by atoms with E-state index in [9.17, 15) is 18.0 Å². The van der Waals surface area contributed by atoms with Gasteiger partial charge in [0.25, 0.3) is 15.9 Å². The summed E-state index contributed by atoms with van der Waals surface area (Å²) in [6, 6.07) is 6.05. The number of fused-ring (bicyclic) bond motifs is 1. The molecular formula is C18H24N2O4S. The number of carbonyl (C=O) groups is 2. The summed E-state index contributed by atoms with van der Waals surface area (Å²) in [5.74, 6) is -0.571. The number of sulfonamides is 1. The Morgan fingerprint density at radius 3 is 2.60 bits per heavy atom. The third-order valence-corrected chi connectivity index (χ3v) is 6.74. The summed E-state index contributed by atoms with van der Waals surface area (Å²) in [6.07, 6.45) is 2.83. The molecule has 0 radical (unpaired) electrons. The summed E-state index contributed by atoms with van der Waals surface area (Å²) >= 11 is 0. The van der Waals surface area contributed by atoms with E-state index >= 15 is 0 Å². The van der Waals surface area contributed by atoms with Gasteiger partial charge in [0.15, 0.2) is 0 Å². The average Bonchev–Trinajstić information content (AvgIpc) is 2.67. The highest BCUT2D eigenvalue weighted by molar-refractivity contribution is 7.90. The zero-order chi connectivity index (χ0) is 18.4. The van der Waals surface area contributed by atoms with Gasteiger partial charge in [-0.1, -0.05) is 32.9 Å². The molecule has 1 saturated carbocycles. The van der Waals surface area contributed by atoms with Crippen molar-refractivity contribution in [3.05, 3.63) is 29.8 Å². The van der Waals surface area contributed by atoms with E-state index in [1.807, 2.05) is 0 Å².